The molecule has 0 spiro atoms. The Labute approximate surface area is 179 Å². The van der Waals surface area contributed by atoms with E-state index in [-0.39, 0.29) is 5.82 Å². The molecule has 0 bridgehead atoms. The van der Waals surface area contributed by atoms with E-state index >= 15 is 0 Å². The van der Waals surface area contributed by atoms with E-state index in [0.29, 0.717) is 11.1 Å². The highest BCUT2D eigenvalue weighted by Crippen LogP contribution is 2.24. The van der Waals surface area contributed by atoms with Crippen molar-refractivity contribution in [3.8, 4) is 28.7 Å². The van der Waals surface area contributed by atoms with Crippen LogP contribution in [0.15, 0.2) is 66.7 Å². The first kappa shape index (κ1) is 21.7. The van der Waals surface area contributed by atoms with Crippen molar-refractivity contribution >= 4 is 0 Å². The van der Waals surface area contributed by atoms with E-state index in [4.69, 9.17) is 4.74 Å². The molecule has 1 nitrogen and oxygen atoms in total. The van der Waals surface area contributed by atoms with Crippen LogP contribution in [0.5, 0.6) is 5.75 Å². The molecule has 3 aromatic rings. The van der Waals surface area contributed by atoms with Gasteiger partial charge in [0.25, 0.3) is 0 Å². The largest absolute Gasteiger partial charge is 0.494 e. The summed E-state index contributed by atoms with van der Waals surface area (Å²) in [5, 5.41) is 0. The van der Waals surface area contributed by atoms with Crippen LogP contribution < -0.4 is 4.74 Å². The molecule has 0 saturated carbocycles. The predicted octanol–water partition coefficient (Wildman–Crippen LogP) is 7.41. The minimum absolute atomic E-state index is 0.249. The zero-order valence-electron chi connectivity index (χ0n) is 17.9. The maximum absolute atomic E-state index is 14.7. The van der Waals surface area contributed by atoms with Gasteiger partial charge < -0.3 is 4.74 Å². The Kier molecular flexibility index (Phi) is 8.10. The summed E-state index contributed by atoms with van der Waals surface area (Å²) in [6.45, 7) is 5.08. The van der Waals surface area contributed by atoms with Crippen LogP contribution in [0, 0.1) is 17.7 Å². The van der Waals surface area contributed by atoms with Crippen LogP contribution in [0.25, 0.3) is 11.1 Å². The molecule has 0 amide bonds. The van der Waals surface area contributed by atoms with Crippen LogP contribution in [-0.4, -0.2) is 6.61 Å². The van der Waals surface area contributed by atoms with Crippen molar-refractivity contribution in [3.63, 3.8) is 0 Å². The number of ether oxygens (including phenoxy) is 1. The molecular formula is C28H29FO. The lowest BCUT2D eigenvalue weighted by Crippen LogP contribution is -1.96. The fraction of sp³-hybridized carbons (Fsp3) is 0.286. The number of benzene rings is 3. The molecule has 0 aliphatic heterocycles. The molecule has 0 radical (unpaired) electrons. The third-order valence-corrected chi connectivity index (χ3v) is 4.99. The number of aryl methyl sites for hydroxylation is 1. The van der Waals surface area contributed by atoms with Crippen molar-refractivity contribution in [2.24, 2.45) is 0 Å². The van der Waals surface area contributed by atoms with E-state index in [1.165, 1.54) is 24.5 Å². The van der Waals surface area contributed by atoms with Gasteiger partial charge in [-0.1, -0.05) is 75.3 Å². The van der Waals surface area contributed by atoms with Crippen LogP contribution in [-0.2, 0) is 6.42 Å². The molecule has 2 heteroatoms. The summed E-state index contributed by atoms with van der Waals surface area (Å²) in [4.78, 5) is 0. The van der Waals surface area contributed by atoms with E-state index in [1.54, 1.807) is 6.07 Å². The lowest BCUT2D eigenvalue weighted by atomic mass is 10.0. The van der Waals surface area contributed by atoms with Crippen LogP contribution in [0.1, 0.15) is 56.2 Å². The second-order valence-electron chi connectivity index (χ2n) is 7.47. The molecule has 0 heterocycles. The lowest BCUT2D eigenvalue weighted by Gasteiger charge is -2.06. The summed E-state index contributed by atoms with van der Waals surface area (Å²) < 4.78 is 20.4. The zero-order valence-corrected chi connectivity index (χ0v) is 17.9. The van der Waals surface area contributed by atoms with Crippen molar-refractivity contribution in [3.05, 3.63) is 89.2 Å². The smallest absolute Gasteiger partial charge is 0.132 e. The monoisotopic (exact) mass is 400 g/mol. The summed E-state index contributed by atoms with van der Waals surface area (Å²) in [6, 6.07) is 21.0. The van der Waals surface area contributed by atoms with E-state index < -0.39 is 0 Å². The highest BCUT2D eigenvalue weighted by molar-refractivity contribution is 5.65. The molecule has 0 N–H and O–H groups in total. The van der Waals surface area contributed by atoms with Gasteiger partial charge in [0, 0.05) is 16.7 Å². The average molecular weight is 401 g/mol. The van der Waals surface area contributed by atoms with Gasteiger partial charge in [0.15, 0.2) is 0 Å². The van der Waals surface area contributed by atoms with Crippen LogP contribution >= 0.6 is 0 Å². The molecule has 3 rings (SSSR count). The minimum atomic E-state index is -0.249. The minimum Gasteiger partial charge on any atom is -0.494 e. The topological polar surface area (TPSA) is 9.23 Å². The van der Waals surface area contributed by atoms with E-state index in [0.717, 1.165) is 42.7 Å². The molecule has 0 aliphatic carbocycles. The van der Waals surface area contributed by atoms with Gasteiger partial charge in [0.05, 0.1) is 6.61 Å². The Morgan fingerprint density at radius 2 is 1.47 bits per heavy atom. The number of hydrogen-bond donors (Lipinski definition) is 0. The first-order chi connectivity index (χ1) is 14.7. The molecular weight excluding hydrogens is 371 g/mol. The Balaban J connectivity index is 1.65. The Hall–Kier alpha value is -3.05. The number of rotatable bonds is 8. The van der Waals surface area contributed by atoms with Gasteiger partial charge in [0.1, 0.15) is 11.6 Å². The summed E-state index contributed by atoms with van der Waals surface area (Å²) in [5.74, 6) is 6.76. The van der Waals surface area contributed by atoms with Crippen LogP contribution in [0.2, 0.25) is 0 Å². The standard InChI is InChI=1S/C28H29FO/c1-3-5-6-20-30-26-17-12-23(13-18-26)8-9-24-14-19-27(28(29)21-24)25-15-10-22(7-4-2)11-16-25/h10-19,21H,3-7,20H2,1-2H3. The van der Waals surface area contributed by atoms with Crippen LogP contribution in [0.4, 0.5) is 4.39 Å². The first-order valence-corrected chi connectivity index (χ1v) is 10.8. The Bertz CT molecular complexity index is 992. The van der Waals surface area contributed by atoms with Crippen molar-refractivity contribution in [2.45, 2.75) is 46.0 Å². The van der Waals surface area contributed by atoms with Crippen molar-refractivity contribution in [1.82, 2.24) is 0 Å². The SMILES string of the molecule is CCCCCOc1ccc(C#Cc2ccc(-c3ccc(CCC)cc3)c(F)c2)cc1. The molecule has 0 unspecified atom stereocenters. The van der Waals surface area contributed by atoms with Crippen LogP contribution in [0.3, 0.4) is 0 Å². The van der Waals surface area contributed by atoms with Gasteiger partial charge in [-0.2, -0.15) is 0 Å². The second-order valence-corrected chi connectivity index (χ2v) is 7.47. The summed E-state index contributed by atoms with van der Waals surface area (Å²) in [7, 11) is 0. The molecule has 0 aromatic heterocycles. The summed E-state index contributed by atoms with van der Waals surface area (Å²) >= 11 is 0. The quantitative estimate of drug-likeness (QED) is 0.282. The zero-order chi connectivity index (χ0) is 21.2. The average Bonchev–Trinajstić information content (AvgIpc) is 2.77. The molecule has 30 heavy (non-hydrogen) atoms. The van der Waals surface area contributed by atoms with E-state index in [1.807, 2.05) is 42.5 Å². The fourth-order valence-electron chi connectivity index (χ4n) is 3.29. The van der Waals surface area contributed by atoms with Gasteiger partial charge >= 0.3 is 0 Å². The maximum atomic E-state index is 14.7. The van der Waals surface area contributed by atoms with Crippen molar-refractivity contribution in [2.75, 3.05) is 6.61 Å². The number of halogens is 1. The lowest BCUT2D eigenvalue weighted by molar-refractivity contribution is 0.306. The van der Waals surface area contributed by atoms with Crippen molar-refractivity contribution in [1.29, 1.82) is 0 Å². The predicted molar refractivity (Wildman–Crippen MR) is 123 cm³/mol. The first-order valence-electron chi connectivity index (χ1n) is 10.8. The van der Waals surface area contributed by atoms with Gasteiger partial charge in [-0.05, 0) is 60.4 Å². The Morgan fingerprint density at radius 1 is 0.767 bits per heavy atom. The summed E-state index contributed by atoms with van der Waals surface area (Å²) in [6.07, 6.45) is 5.59. The highest BCUT2D eigenvalue weighted by Gasteiger charge is 2.06. The van der Waals surface area contributed by atoms with Gasteiger partial charge in [-0.25, -0.2) is 4.39 Å². The maximum Gasteiger partial charge on any atom is 0.132 e. The van der Waals surface area contributed by atoms with Gasteiger partial charge in [-0.3, -0.25) is 0 Å². The van der Waals surface area contributed by atoms with E-state index in [9.17, 15) is 4.39 Å². The summed E-state index contributed by atoms with van der Waals surface area (Å²) in [5.41, 5.74) is 4.32. The molecule has 0 fully saturated rings. The third-order valence-electron chi connectivity index (χ3n) is 4.99. The number of unbranched alkanes of at least 4 members (excludes halogenated alkanes) is 2. The number of hydrogen-bond acceptors (Lipinski definition) is 1. The second kappa shape index (κ2) is 11.2. The molecule has 0 atom stereocenters. The molecule has 154 valence electrons. The van der Waals surface area contributed by atoms with Crippen molar-refractivity contribution < 1.29 is 9.13 Å². The van der Waals surface area contributed by atoms with E-state index in [2.05, 4.69) is 37.8 Å². The molecule has 3 aromatic carbocycles. The van der Waals surface area contributed by atoms with Gasteiger partial charge in [-0.15, -0.1) is 0 Å². The molecule has 0 saturated heterocycles. The fourth-order valence-corrected chi connectivity index (χ4v) is 3.29. The highest BCUT2D eigenvalue weighted by atomic mass is 19.1. The molecule has 0 aliphatic rings. The van der Waals surface area contributed by atoms with Gasteiger partial charge in [0.2, 0.25) is 0 Å². The normalized spacial score (nSPS) is 10.4. The Morgan fingerprint density at radius 3 is 2.13 bits per heavy atom. The third kappa shape index (κ3) is 6.22.